The smallest absolute Gasteiger partial charge is 0.143 e. The van der Waals surface area contributed by atoms with E-state index in [1.807, 2.05) is 11.1 Å². The van der Waals surface area contributed by atoms with Crippen molar-refractivity contribution in [2.75, 3.05) is 20.2 Å². The van der Waals surface area contributed by atoms with Crippen molar-refractivity contribution in [3.8, 4) is 6.07 Å². The molecule has 12 heavy (non-hydrogen) atoms. The van der Waals surface area contributed by atoms with Crippen LogP contribution in [0.25, 0.3) is 0 Å². The molecule has 0 bridgehead atoms. The molecule has 0 aliphatic carbocycles. The molecule has 1 N–H and O–H groups in total. The number of rotatable bonds is 2. The van der Waals surface area contributed by atoms with Crippen molar-refractivity contribution in [3.05, 3.63) is 0 Å². The van der Waals surface area contributed by atoms with Crippen molar-refractivity contribution in [3.63, 3.8) is 0 Å². The predicted octanol–water partition coefficient (Wildman–Crippen LogP) is 0.144. The Kier molecular flexibility index (Phi) is 3.48. The summed E-state index contributed by atoms with van der Waals surface area (Å²) >= 11 is 0. The van der Waals surface area contributed by atoms with E-state index in [0.29, 0.717) is 0 Å². The van der Waals surface area contributed by atoms with Gasteiger partial charge in [0.1, 0.15) is 6.10 Å². The number of nitriles is 1. The van der Waals surface area contributed by atoms with Crippen LogP contribution in [0.2, 0.25) is 0 Å². The lowest BCUT2D eigenvalue weighted by atomic mass is 9.93. The lowest BCUT2D eigenvalue weighted by Gasteiger charge is -2.30. The van der Waals surface area contributed by atoms with Gasteiger partial charge in [-0.05, 0) is 12.8 Å². The maximum Gasteiger partial charge on any atom is 0.143 e. The predicted molar refractivity (Wildman–Crippen MR) is 42.9 cm³/mol. The Balaban J connectivity index is 2.31. The molecule has 1 heterocycles. The molecule has 0 aromatic carbocycles. The summed E-state index contributed by atoms with van der Waals surface area (Å²) < 4.78 is 0. The number of hydrogen-bond acceptors (Lipinski definition) is 4. The average molecular weight is 170 g/mol. The van der Waals surface area contributed by atoms with Gasteiger partial charge < -0.3 is 9.94 Å². The Hall–Kier alpha value is -0.630. The molecule has 0 spiro atoms. The first-order valence-electron chi connectivity index (χ1n) is 4.14. The highest BCUT2D eigenvalue weighted by Gasteiger charge is 2.24. The summed E-state index contributed by atoms with van der Waals surface area (Å²) in [6.07, 6.45) is 0.870. The van der Waals surface area contributed by atoms with Gasteiger partial charge in [0.2, 0.25) is 0 Å². The standard InChI is InChI=1S/C8H14N2O2/c1-12-10-4-2-7(3-5-10)8(11)6-9/h7-8,11H,2-5H2,1H3/t8-/m1/s1. The van der Waals surface area contributed by atoms with Crippen LogP contribution in [0.4, 0.5) is 0 Å². The van der Waals surface area contributed by atoms with Gasteiger partial charge in [0.25, 0.3) is 0 Å². The summed E-state index contributed by atoms with van der Waals surface area (Å²) in [6, 6.07) is 1.86. The van der Waals surface area contributed by atoms with Crippen molar-refractivity contribution in [2.24, 2.45) is 5.92 Å². The van der Waals surface area contributed by atoms with Gasteiger partial charge in [-0.2, -0.15) is 10.3 Å². The van der Waals surface area contributed by atoms with Crippen molar-refractivity contribution in [1.29, 1.82) is 5.26 Å². The zero-order valence-corrected chi connectivity index (χ0v) is 7.23. The van der Waals surface area contributed by atoms with E-state index >= 15 is 0 Å². The molecule has 0 saturated carbocycles. The highest BCUT2D eigenvalue weighted by molar-refractivity contribution is 4.89. The summed E-state index contributed by atoms with van der Waals surface area (Å²) in [5.74, 6) is 0.126. The van der Waals surface area contributed by atoms with Gasteiger partial charge in [-0.1, -0.05) is 0 Å². The highest BCUT2D eigenvalue weighted by atomic mass is 16.7. The molecular formula is C8H14N2O2. The molecule has 0 amide bonds. The van der Waals surface area contributed by atoms with E-state index in [1.54, 1.807) is 7.11 Å². The number of nitrogens with zero attached hydrogens (tertiary/aromatic N) is 2. The Labute approximate surface area is 72.3 Å². The molecule has 0 unspecified atom stereocenters. The molecular weight excluding hydrogens is 156 g/mol. The van der Waals surface area contributed by atoms with Gasteiger partial charge in [-0.25, -0.2) is 0 Å². The van der Waals surface area contributed by atoms with Crippen LogP contribution in [0.3, 0.4) is 0 Å². The number of aliphatic hydroxyl groups excluding tert-OH is 1. The van der Waals surface area contributed by atoms with E-state index in [9.17, 15) is 5.11 Å². The van der Waals surface area contributed by atoms with Gasteiger partial charge in [-0.3, -0.25) is 0 Å². The fourth-order valence-electron chi connectivity index (χ4n) is 1.48. The van der Waals surface area contributed by atoms with Crippen molar-refractivity contribution in [2.45, 2.75) is 18.9 Å². The quantitative estimate of drug-likeness (QED) is 0.599. The molecule has 1 fully saturated rings. The fourth-order valence-corrected chi connectivity index (χ4v) is 1.48. The summed E-state index contributed by atoms with van der Waals surface area (Å²) in [6.45, 7) is 1.61. The minimum atomic E-state index is -0.802. The third-order valence-corrected chi connectivity index (χ3v) is 2.34. The van der Waals surface area contributed by atoms with E-state index < -0.39 is 6.10 Å². The van der Waals surface area contributed by atoms with Gasteiger partial charge in [0.15, 0.2) is 0 Å². The Bertz CT molecular complexity index is 170. The Morgan fingerprint density at radius 2 is 2.17 bits per heavy atom. The second-order valence-corrected chi connectivity index (χ2v) is 3.02. The molecule has 1 rings (SSSR count). The van der Waals surface area contributed by atoms with Gasteiger partial charge in [0, 0.05) is 19.0 Å². The molecule has 4 nitrogen and oxygen atoms in total. The van der Waals surface area contributed by atoms with Gasteiger partial charge >= 0.3 is 0 Å². The zero-order valence-electron chi connectivity index (χ0n) is 7.23. The summed E-state index contributed by atoms with van der Waals surface area (Å²) in [5.41, 5.74) is 0. The highest BCUT2D eigenvalue weighted by Crippen LogP contribution is 2.19. The van der Waals surface area contributed by atoms with Gasteiger partial charge in [-0.15, -0.1) is 0 Å². The first-order chi connectivity index (χ1) is 5.77. The number of hydrogen-bond donors (Lipinski definition) is 1. The average Bonchev–Trinajstić information content (AvgIpc) is 2.17. The lowest BCUT2D eigenvalue weighted by Crippen LogP contribution is -2.36. The topological polar surface area (TPSA) is 56.5 Å². The van der Waals surface area contributed by atoms with E-state index in [4.69, 9.17) is 10.1 Å². The van der Waals surface area contributed by atoms with Crippen molar-refractivity contribution in [1.82, 2.24) is 5.06 Å². The molecule has 1 saturated heterocycles. The van der Waals surface area contributed by atoms with Crippen LogP contribution in [0.15, 0.2) is 0 Å². The number of hydroxylamine groups is 2. The Morgan fingerprint density at radius 1 is 1.58 bits per heavy atom. The van der Waals surface area contributed by atoms with Crippen LogP contribution in [0, 0.1) is 17.2 Å². The fraction of sp³-hybridized carbons (Fsp3) is 0.875. The molecule has 0 aromatic heterocycles. The molecule has 0 radical (unpaired) electrons. The minimum Gasteiger partial charge on any atom is -0.378 e. The lowest BCUT2D eigenvalue weighted by molar-refractivity contribution is -0.151. The molecule has 4 heteroatoms. The second kappa shape index (κ2) is 4.41. The monoisotopic (exact) mass is 170 g/mol. The first-order valence-corrected chi connectivity index (χ1v) is 4.14. The van der Waals surface area contributed by atoms with E-state index in [0.717, 1.165) is 25.9 Å². The maximum atomic E-state index is 9.22. The van der Waals surface area contributed by atoms with Crippen LogP contribution >= 0.6 is 0 Å². The van der Waals surface area contributed by atoms with E-state index in [-0.39, 0.29) is 5.92 Å². The largest absolute Gasteiger partial charge is 0.378 e. The van der Waals surface area contributed by atoms with E-state index in [1.165, 1.54) is 0 Å². The van der Waals surface area contributed by atoms with Crippen LogP contribution < -0.4 is 0 Å². The van der Waals surface area contributed by atoms with Crippen molar-refractivity contribution < 1.29 is 9.94 Å². The minimum absolute atomic E-state index is 0.126. The molecule has 1 atom stereocenters. The van der Waals surface area contributed by atoms with E-state index in [2.05, 4.69) is 0 Å². The Morgan fingerprint density at radius 3 is 2.58 bits per heavy atom. The van der Waals surface area contributed by atoms with Crippen molar-refractivity contribution >= 4 is 0 Å². The SMILES string of the molecule is CON1CCC([C@H](O)C#N)CC1. The molecule has 1 aliphatic rings. The van der Waals surface area contributed by atoms with Crippen LogP contribution in [-0.2, 0) is 4.84 Å². The molecule has 0 aromatic rings. The normalized spacial score (nSPS) is 23.4. The zero-order chi connectivity index (χ0) is 8.97. The third-order valence-electron chi connectivity index (χ3n) is 2.34. The number of piperidine rings is 1. The third kappa shape index (κ3) is 2.18. The number of aliphatic hydroxyl groups is 1. The molecule has 68 valence electrons. The summed E-state index contributed by atoms with van der Waals surface area (Å²) in [4.78, 5) is 5.02. The molecule has 1 aliphatic heterocycles. The second-order valence-electron chi connectivity index (χ2n) is 3.02. The summed E-state index contributed by atoms with van der Waals surface area (Å²) in [5, 5.41) is 19.5. The van der Waals surface area contributed by atoms with Gasteiger partial charge in [0.05, 0.1) is 13.2 Å². The summed E-state index contributed by atoms with van der Waals surface area (Å²) in [7, 11) is 1.64. The van der Waals surface area contributed by atoms with Crippen LogP contribution in [-0.4, -0.2) is 36.5 Å². The maximum absolute atomic E-state index is 9.22. The van der Waals surface area contributed by atoms with Crippen LogP contribution in [0.5, 0.6) is 0 Å². The van der Waals surface area contributed by atoms with Crippen LogP contribution in [0.1, 0.15) is 12.8 Å². The first kappa shape index (κ1) is 9.46.